The van der Waals surface area contributed by atoms with Gasteiger partial charge in [-0.3, -0.25) is 4.79 Å². The highest BCUT2D eigenvalue weighted by Gasteiger charge is 2.15. The van der Waals surface area contributed by atoms with Crippen LogP contribution >= 0.6 is 0 Å². The second-order valence-corrected chi connectivity index (χ2v) is 6.41. The lowest BCUT2D eigenvalue weighted by molar-refractivity contribution is 0.306. The van der Waals surface area contributed by atoms with Crippen LogP contribution in [0.2, 0.25) is 0 Å². The average Bonchev–Trinajstić information content (AvgIpc) is 2.71. The predicted octanol–water partition coefficient (Wildman–Crippen LogP) is 5.05. The molecule has 1 N–H and O–H groups in total. The molecule has 0 radical (unpaired) electrons. The quantitative estimate of drug-likeness (QED) is 0.554. The van der Waals surface area contributed by atoms with Crippen LogP contribution < -0.4 is 10.2 Å². The van der Waals surface area contributed by atoms with Gasteiger partial charge in [0, 0.05) is 5.56 Å². The van der Waals surface area contributed by atoms with E-state index in [1.807, 2.05) is 43.3 Å². The third kappa shape index (κ3) is 3.42. The SMILES string of the molecule is Cc1ccc2oc(-c3ccc(OCc4ccccc4)cc3)c(O)c(=O)c2c1. The van der Waals surface area contributed by atoms with Gasteiger partial charge in [0.05, 0.1) is 5.39 Å². The molecule has 0 saturated carbocycles. The number of aryl methyl sites for hydroxylation is 1. The molecular formula is C23H18O4. The van der Waals surface area contributed by atoms with E-state index in [4.69, 9.17) is 9.15 Å². The van der Waals surface area contributed by atoms with E-state index in [-0.39, 0.29) is 11.5 Å². The molecule has 0 fully saturated rings. The standard InChI is InChI=1S/C23H18O4/c1-15-7-12-20-19(13-15)21(24)22(25)23(27-20)17-8-10-18(11-9-17)26-14-16-5-3-2-4-6-16/h2-13,25H,14H2,1H3. The molecule has 1 aromatic heterocycles. The van der Waals surface area contributed by atoms with Crippen molar-refractivity contribution in [3.05, 3.63) is 94.1 Å². The van der Waals surface area contributed by atoms with Gasteiger partial charge in [0.25, 0.3) is 0 Å². The van der Waals surface area contributed by atoms with E-state index in [2.05, 4.69) is 0 Å². The Balaban J connectivity index is 1.63. The van der Waals surface area contributed by atoms with Crippen LogP contribution in [0.15, 0.2) is 82.0 Å². The summed E-state index contributed by atoms with van der Waals surface area (Å²) in [7, 11) is 0. The maximum Gasteiger partial charge on any atom is 0.235 e. The third-order valence-corrected chi connectivity index (χ3v) is 4.39. The monoisotopic (exact) mass is 358 g/mol. The lowest BCUT2D eigenvalue weighted by atomic mass is 10.1. The van der Waals surface area contributed by atoms with Crippen molar-refractivity contribution in [2.24, 2.45) is 0 Å². The highest BCUT2D eigenvalue weighted by molar-refractivity contribution is 5.82. The number of rotatable bonds is 4. The maximum absolute atomic E-state index is 12.5. The van der Waals surface area contributed by atoms with Crippen molar-refractivity contribution < 1.29 is 14.3 Å². The summed E-state index contributed by atoms with van der Waals surface area (Å²) in [6, 6.07) is 22.3. The fourth-order valence-corrected chi connectivity index (χ4v) is 2.94. The average molecular weight is 358 g/mol. The number of ether oxygens (including phenoxy) is 1. The summed E-state index contributed by atoms with van der Waals surface area (Å²) < 4.78 is 11.6. The molecule has 134 valence electrons. The van der Waals surface area contributed by atoms with Gasteiger partial charge in [0.15, 0.2) is 5.76 Å². The molecule has 0 atom stereocenters. The van der Waals surface area contributed by atoms with E-state index < -0.39 is 5.43 Å². The highest BCUT2D eigenvalue weighted by atomic mass is 16.5. The molecule has 1 heterocycles. The molecule has 0 aliphatic heterocycles. The molecule has 4 aromatic rings. The van der Waals surface area contributed by atoms with Gasteiger partial charge >= 0.3 is 0 Å². The van der Waals surface area contributed by atoms with Crippen molar-refractivity contribution in [1.29, 1.82) is 0 Å². The second kappa shape index (κ2) is 7.00. The predicted molar refractivity (Wildman–Crippen MR) is 105 cm³/mol. The van der Waals surface area contributed by atoms with Crippen molar-refractivity contribution in [2.45, 2.75) is 13.5 Å². The zero-order valence-corrected chi connectivity index (χ0v) is 14.8. The minimum atomic E-state index is -0.431. The number of aromatic hydroxyl groups is 1. The van der Waals surface area contributed by atoms with E-state index in [0.717, 1.165) is 11.1 Å². The van der Waals surface area contributed by atoms with Gasteiger partial charge in [-0.1, -0.05) is 42.0 Å². The van der Waals surface area contributed by atoms with Gasteiger partial charge in [0.2, 0.25) is 11.2 Å². The lowest BCUT2D eigenvalue weighted by Crippen LogP contribution is -2.02. The van der Waals surface area contributed by atoms with Gasteiger partial charge in [-0.25, -0.2) is 0 Å². The van der Waals surface area contributed by atoms with Gasteiger partial charge in [-0.05, 0) is 48.9 Å². The van der Waals surface area contributed by atoms with E-state index in [9.17, 15) is 9.90 Å². The van der Waals surface area contributed by atoms with E-state index in [1.165, 1.54) is 0 Å². The van der Waals surface area contributed by atoms with E-state index >= 15 is 0 Å². The fraction of sp³-hybridized carbons (Fsp3) is 0.0870. The normalized spacial score (nSPS) is 10.9. The fourth-order valence-electron chi connectivity index (χ4n) is 2.94. The molecule has 4 nitrogen and oxygen atoms in total. The summed E-state index contributed by atoms with van der Waals surface area (Å²) in [6.07, 6.45) is 0. The Labute approximate surface area is 156 Å². The molecule has 0 aliphatic carbocycles. The Bertz CT molecular complexity index is 1140. The second-order valence-electron chi connectivity index (χ2n) is 6.41. The summed E-state index contributed by atoms with van der Waals surface area (Å²) >= 11 is 0. The molecule has 4 heteroatoms. The maximum atomic E-state index is 12.5. The molecule has 0 spiro atoms. The van der Waals surface area contributed by atoms with Crippen LogP contribution in [-0.2, 0) is 6.61 Å². The van der Waals surface area contributed by atoms with Crippen LogP contribution in [0.3, 0.4) is 0 Å². The zero-order valence-electron chi connectivity index (χ0n) is 14.8. The lowest BCUT2D eigenvalue weighted by Gasteiger charge is -2.09. The topological polar surface area (TPSA) is 59.7 Å². The summed E-state index contributed by atoms with van der Waals surface area (Å²) in [6.45, 7) is 2.36. The molecule has 0 amide bonds. The molecule has 27 heavy (non-hydrogen) atoms. The van der Waals surface area contributed by atoms with Crippen molar-refractivity contribution in [2.75, 3.05) is 0 Å². The van der Waals surface area contributed by atoms with Gasteiger partial charge < -0.3 is 14.3 Å². The molecule has 4 rings (SSSR count). The summed E-state index contributed by atoms with van der Waals surface area (Å²) in [5.74, 6) is 0.470. The minimum Gasteiger partial charge on any atom is -0.502 e. The number of hydrogen-bond donors (Lipinski definition) is 1. The van der Waals surface area contributed by atoms with Crippen LogP contribution in [0.1, 0.15) is 11.1 Å². The molecule has 0 unspecified atom stereocenters. The van der Waals surface area contributed by atoms with Gasteiger partial charge in [-0.15, -0.1) is 0 Å². The smallest absolute Gasteiger partial charge is 0.235 e. The minimum absolute atomic E-state index is 0.158. The van der Waals surface area contributed by atoms with Crippen molar-refractivity contribution in [3.8, 4) is 22.8 Å². The molecule has 0 saturated heterocycles. The Morgan fingerprint density at radius 1 is 0.963 bits per heavy atom. The number of fused-ring (bicyclic) bond motifs is 1. The molecular weight excluding hydrogens is 340 g/mol. The van der Waals surface area contributed by atoms with Crippen LogP contribution in [0, 0.1) is 6.92 Å². The highest BCUT2D eigenvalue weighted by Crippen LogP contribution is 2.31. The van der Waals surface area contributed by atoms with Crippen LogP contribution in [0.25, 0.3) is 22.3 Å². The molecule has 3 aromatic carbocycles. The summed E-state index contributed by atoms with van der Waals surface area (Å²) in [5.41, 5.74) is 2.64. The number of benzene rings is 3. The molecule has 0 bridgehead atoms. The first kappa shape index (κ1) is 16.9. The van der Waals surface area contributed by atoms with Crippen molar-refractivity contribution >= 4 is 11.0 Å². The number of hydrogen-bond acceptors (Lipinski definition) is 4. The first-order chi connectivity index (χ1) is 13.1. The molecule has 0 aliphatic rings. The Hall–Kier alpha value is -3.53. The van der Waals surface area contributed by atoms with Crippen molar-refractivity contribution in [3.63, 3.8) is 0 Å². The van der Waals surface area contributed by atoms with Crippen LogP contribution in [-0.4, -0.2) is 5.11 Å². The van der Waals surface area contributed by atoms with Crippen LogP contribution in [0.5, 0.6) is 11.5 Å². The largest absolute Gasteiger partial charge is 0.502 e. The van der Waals surface area contributed by atoms with Gasteiger partial charge in [0.1, 0.15) is 17.9 Å². The summed E-state index contributed by atoms with van der Waals surface area (Å²) in [5, 5.41) is 10.7. The first-order valence-electron chi connectivity index (χ1n) is 8.65. The van der Waals surface area contributed by atoms with Gasteiger partial charge in [-0.2, -0.15) is 0 Å². The van der Waals surface area contributed by atoms with E-state index in [0.29, 0.717) is 28.9 Å². The zero-order chi connectivity index (χ0) is 18.8. The Morgan fingerprint density at radius 3 is 2.44 bits per heavy atom. The third-order valence-electron chi connectivity index (χ3n) is 4.39. The Kier molecular flexibility index (Phi) is 4.38. The summed E-state index contributed by atoms with van der Waals surface area (Å²) in [4.78, 5) is 12.5. The van der Waals surface area contributed by atoms with Crippen LogP contribution in [0.4, 0.5) is 0 Å². The Morgan fingerprint density at radius 2 is 1.70 bits per heavy atom. The van der Waals surface area contributed by atoms with Crippen molar-refractivity contribution in [1.82, 2.24) is 0 Å². The first-order valence-corrected chi connectivity index (χ1v) is 8.65. The van der Waals surface area contributed by atoms with E-state index in [1.54, 1.807) is 36.4 Å².